The fourth-order valence-electron chi connectivity index (χ4n) is 2.47. The molecule has 1 aliphatic rings. The third kappa shape index (κ3) is 5.04. The molecule has 6 nitrogen and oxygen atoms in total. The molecule has 132 valence electrons. The van der Waals surface area contributed by atoms with Crippen molar-refractivity contribution < 1.29 is 14.7 Å². The van der Waals surface area contributed by atoms with Crippen molar-refractivity contribution in [2.45, 2.75) is 51.3 Å². The normalized spacial score (nSPS) is 15.9. The lowest BCUT2D eigenvalue weighted by atomic mass is 9.98. The molecule has 0 aromatic heterocycles. The van der Waals surface area contributed by atoms with Gasteiger partial charge in [0.05, 0.1) is 5.60 Å². The van der Waals surface area contributed by atoms with Gasteiger partial charge >= 0.3 is 11.8 Å². The number of nitrogens with zero attached hydrogens (tertiary/aromatic N) is 1. The van der Waals surface area contributed by atoms with E-state index in [0.29, 0.717) is 23.8 Å². The van der Waals surface area contributed by atoms with Gasteiger partial charge in [0.25, 0.3) is 0 Å². The molecule has 2 rings (SSSR count). The van der Waals surface area contributed by atoms with E-state index in [2.05, 4.69) is 15.5 Å². The zero-order valence-corrected chi connectivity index (χ0v) is 14.8. The minimum absolute atomic E-state index is 0.188. The number of carbonyl (C=O) groups excluding carboxylic acids is 2. The summed E-state index contributed by atoms with van der Waals surface area (Å²) < 4.78 is 0. The third-order valence-electron chi connectivity index (χ3n) is 4.41. The third-order valence-corrected chi connectivity index (χ3v) is 4.41. The second-order valence-corrected chi connectivity index (χ2v) is 7.05. The molecule has 1 aromatic carbocycles. The van der Waals surface area contributed by atoms with E-state index in [1.54, 1.807) is 38.1 Å². The summed E-state index contributed by atoms with van der Waals surface area (Å²) in [4.78, 5) is 26.2. The SMILES string of the molecule is C[C@@H](CNC(=O)C(=O)Nc1cccc(C(C)(C)O)c1)N(C)C1CC1. The van der Waals surface area contributed by atoms with Gasteiger partial charge in [-0.2, -0.15) is 0 Å². The Hall–Kier alpha value is -1.92. The maximum atomic E-state index is 12.0. The number of nitrogens with one attached hydrogen (secondary N) is 2. The predicted molar refractivity (Wildman–Crippen MR) is 93.6 cm³/mol. The van der Waals surface area contributed by atoms with Crippen molar-refractivity contribution in [3.8, 4) is 0 Å². The molecule has 0 bridgehead atoms. The molecule has 24 heavy (non-hydrogen) atoms. The Labute approximate surface area is 143 Å². The average Bonchev–Trinajstić information content (AvgIpc) is 3.35. The lowest BCUT2D eigenvalue weighted by Gasteiger charge is -2.24. The first-order valence-electron chi connectivity index (χ1n) is 8.32. The van der Waals surface area contributed by atoms with Crippen LogP contribution >= 0.6 is 0 Å². The molecule has 1 saturated carbocycles. The summed E-state index contributed by atoms with van der Waals surface area (Å²) in [6.07, 6.45) is 2.40. The molecule has 0 spiro atoms. The number of amides is 2. The van der Waals surface area contributed by atoms with Crippen LogP contribution in [0.15, 0.2) is 24.3 Å². The number of rotatable bonds is 6. The molecular formula is C18H27N3O3. The van der Waals surface area contributed by atoms with Gasteiger partial charge < -0.3 is 15.7 Å². The number of carbonyl (C=O) groups is 2. The van der Waals surface area contributed by atoms with E-state index in [9.17, 15) is 14.7 Å². The zero-order valence-electron chi connectivity index (χ0n) is 14.8. The summed E-state index contributed by atoms with van der Waals surface area (Å²) >= 11 is 0. The van der Waals surface area contributed by atoms with Crippen LogP contribution in [-0.4, -0.2) is 47.5 Å². The Morgan fingerprint density at radius 1 is 1.33 bits per heavy atom. The summed E-state index contributed by atoms with van der Waals surface area (Å²) in [5.74, 6) is -1.36. The highest BCUT2D eigenvalue weighted by atomic mass is 16.3. The van der Waals surface area contributed by atoms with Crippen molar-refractivity contribution in [1.82, 2.24) is 10.2 Å². The maximum Gasteiger partial charge on any atom is 0.313 e. The summed E-state index contributed by atoms with van der Waals surface area (Å²) in [5.41, 5.74) is 0.143. The van der Waals surface area contributed by atoms with Gasteiger partial charge in [0.1, 0.15) is 0 Å². The van der Waals surface area contributed by atoms with Crippen LogP contribution in [0.2, 0.25) is 0 Å². The summed E-state index contributed by atoms with van der Waals surface area (Å²) in [5, 5.41) is 15.2. The van der Waals surface area contributed by atoms with Crippen molar-refractivity contribution >= 4 is 17.5 Å². The van der Waals surface area contributed by atoms with Crippen LogP contribution < -0.4 is 10.6 Å². The van der Waals surface area contributed by atoms with Crippen LogP contribution in [0.4, 0.5) is 5.69 Å². The number of likely N-dealkylation sites (N-methyl/N-ethyl adjacent to an activating group) is 1. The lowest BCUT2D eigenvalue weighted by molar-refractivity contribution is -0.136. The molecule has 0 heterocycles. The summed E-state index contributed by atoms with van der Waals surface area (Å²) in [7, 11) is 2.04. The number of benzene rings is 1. The second kappa shape index (κ2) is 7.32. The Balaban J connectivity index is 1.86. The fourth-order valence-corrected chi connectivity index (χ4v) is 2.47. The molecular weight excluding hydrogens is 306 g/mol. The highest BCUT2D eigenvalue weighted by Crippen LogP contribution is 2.26. The standard InChI is InChI=1S/C18H27N3O3/c1-12(21(4)15-8-9-15)11-19-16(22)17(23)20-14-7-5-6-13(10-14)18(2,3)24/h5-7,10,12,15,24H,8-9,11H2,1-4H3,(H,19,22)(H,20,23)/t12-/m0/s1. The van der Waals surface area contributed by atoms with Gasteiger partial charge in [-0.15, -0.1) is 0 Å². The van der Waals surface area contributed by atoms with Crippen molar-refractivity contribution in [3.05, 3.63) is 29.8 Å². The van der Waals surface area contributed by atoms with E-state index >= 15 is 0 Å². The van der Waals surface area contributed by atoms with Crippen molar-refractivity contribution in [2.75, 3.05) is 18.9 Å². The van der Waals surface area contributed by atoms with Crippen molar-refractivity contribution in [3.63, 3.8) is 0 Å². The number of aliphatic hydroxyl groups is 1. The van der Waals surface area contributed by atoms with Crippen LogP contribution in [0.5, 0.6) is 0 Å². The van der Waals surface area contributed by atoms with Gasteiger partial charge in [-0.25, -0.2) is 0 Å². The minimum atomic E-state index is -1.01. The summed E-state index contributed by atoms with van der Waals surface area (Å²) in [6, 6.07) is 7.64. The van der Waals surface area contributed by atoms with Gasteiger partial charge in [0, 0.05) is 24.3 Å². The van der Waals surface area contributed by atoms with Crippen molar-refractivity contribution in [1.29, 1.82) is 0 Å². The minimum Gasteiger partial charge on any atom is -0.386 e. The monoisotopic (exact) mass is 333 g/mol. The molecule has 6 heteroatoms. The van der Waals surface area contributed by atoms with Crippen LogP contribution in [0.1, 0.15) is 39.2 Å². The number of hydrogen-bond donors (Lipinski definition) is 3. The smallest absolute Gasteiger partial charge is 0.313 e. The van der Waals surface area contributed by atoms with Gasteiger partial charge in [-0.1, -0.05) is 12.1 Å². The first-order valence-corrected chi connectivity index (χ1v) is 8.32. The van der Waals surface area contributed by atoms with Gasteiger partial charge in [0.15, 0.2) is 0 Å². The Bertz CT molecular complexity index is 606. The first kappa shape index (κ1) is 18.4. The second-order valence-electron chi connectivity index (χ2n) is 7.05. The maximum absolute atomic E-state index is 12.0. The van der Waals surface area contributed by atoms with Gasteiger partial charge in [-0.3, -0.25) is 14.5 Å². The largest absolute Gasteiger partial charge is 0.386 e. The molecule has 3 N–H and O–H groups in total. The Morgan fingerprint density at radius 3 is 2.58 bits per heavy atom. The van der Waals surface area contributed by atoms with Crippen LogP contribution in [0.3, 0.4) is 0 Å². The molecule has 0 unspecified atom stereocenters. The highest BCUT2D eigenvalue weighted by molar-refractivity contribution is 6.39. The van der Waals surface area contributed by atoms with Gasteiger partial charge in [-0.05, 0) is 58.4 Å². The summed E-state index contributed by atoms with van der Waals surface area (Å²) in [6.45, 7) is 5.79. The number of hydrogen-bond acceptors (Lipinski definition) is 4. The molecule has 1 aliphatic carbocycles. The zero-order chi connectivity index (χ0) is 17.9. The predicted octanol–water partition coefficient (Wildman–Crippen LogP) is 1.45. The highest BCUT2D eigenvalue weighted by Gasteiger charge is 2.29. The van der Waals surface area contributed by atoms with Gasteiger partial charge in [0.2, 0.25) is 0 Å². The molecule has 1 aromatic rings. The molecule has 1 atom stereocenters. The van der Waals surface area contributed by atoms with Crippen LogP contribution in [0.25, 0.3) is 0 Å². The Morgan fingerprint density at radius 2 is 2.00 bits per heavy atom. The molecule has 0 radical (unpaired) electrons. The molecule has 2 amide bonds. The number of anilines is 1. The average molecular weight is 333 g/mol. The van der Waals surface area contributed by atoms with Crippen LogP contribution in [-0.2, 0) is 15.2 Å². The van der Waals surface area contributed by atoms with E-state index in [4.69, 9.17) is 0 Å². The Kier molecular flexibility index (Phi) is 5.62. The van der Waals surface area contributed by atoms with E-state index < -0.39 is 17.4 Å². The van der Waals surface area contributed by atoms with Crippen LogP contribution in [0, 0.1) is 0 Å². The fraction of sp³-hybridized carbons (Fsp3) is 0.556. The lowest BCUT2D eigenvalue weighted by Crippen LogP contribution is -2.44. The quantitative estimate of drug-likeness (QED) is 0.688. The van der Waals surface area contributed by atoms with E-state index in [1.165, 1.54) is 12.8 Å². The molecule has 1 fully saturated rings. The molecule has 0 aliphatic heterocycles. The van der Waals surface area contributed by atoms with E-state index in [1.807, 2.05) is 14.0 Å². The van der Waals surface area contributed by atoms with Crippen molar-refractivity contribution in [2.24, 2.45) is 0 Å². The molecule has 0 saturated heterocycles. The topological polar surface area (TPSA) is 81.7 Å². The van der Waals surface area contributed by atoms with E-state index in [-0.39, 0.29) is 6.04 Å². The first-order chi connectivity index (χ1) is 11.2. The van der Waals surface area contributed by atoms with E-state index in [0.717, 1.165) is 0 Å².